The number of hydrogen-bond donors (Lipinski definition) is 2. The Morgan fingerprint density at radius 3 is 2.32 bits per heavy atom. The first-order chi connectivity index (χ1) is 10.5. The van der Waals surface area contributed by atoms with Crippen LogP contribution in [0, 0.1) is 0 Å². The second kappa shape index (κ2) is 7.40. The first-order valence-corrected chi connectivity index (χ1v) is 8.39. The molecule has 0 amide bonds. The van der Waals surface area contributed by atoms with Crippen molar-refractivity contribution in [2.24, 2.45) is 0 Å². The van der Waals surface area contributed by atoms with Gasteiger partial charge in [-0.2, -0.15) is 0 Å². The molecule has 0 heterocycles. The van der Waals surface area contributed by atoms with Gasteiger partial charge in [-0.3, -0.25) is 0 Å². The summed E-state index contributed by atoms with van der Waals surface area (Å²) in [6, 6.07) is 14.7. The molecule has 0 radical (unpaired) electrons. The van der Waals surface area contributed by atoms with Crippen LogP contribution in [0.3, 0.4) is 0 Å². The molecule has 22 heavy (non-hydrogen) atoms. The van der Waals surface area contributed by atoms with Gasteiger partial charge >= 0.3 is 0 Å². The third-order valence-electron chi connectivity index (χ3n) is 3.29. The van der Waals surface area contributed by atoms with Gasteiger partial charge in [-0.05, 0) is 42.4 Å². The summed E-state index contributed by atoms with van der Waals surface area (Å²) in [5, 5.41) is 3.30. The van der Waals surface area contributed by atoms with Crippen molar-refractivity contribution in [3.05, 3.63) is 59.7 Å². The van der Waals surface area contributed by atoms with Crippen molar-refractivity contribution < 1.29 is 13.2 Å². The van der Waals surface area contributed by atoms with E-state index in [1.54, 1.807) is 25.3 Å². The number of nitrogens with one attached hydrogen (secondary N) is 2. The Balaban J connectivity index is 1.95. The van der Waals surface area contributed by atoms with E-state index in [0.717, 1.165) is 16.9 Å². The average Bonchev–Trinajstić information content (AvgIpc) is 2.56. The van der Waals surface area contributed by atoms with E-state index in [0.29, 0.717) is 13.1 Å². The van der Waals surface area contributed by atoms with Gasteiger partial charge in [0.25, 0.3) is 0 Å². The van der Waals surface area contributed by atoms with Crippen molar-refractivity contribution >= 4 is 10.0 Å². The average molecular weight is 320 g/mol. The smallest absolute Gasteiger partial charge is 0.240 e. The summed E-state index contributed by atoms with van der Waals surface area (Å²) in [7, 11) is -0.352. The predicted molar refractivity (Wildman–Crippen MR) is 86.2 cm³/mol. The first-order valence-electron chi connectivity index (χ1n) is 6.91. The van der Waals surface area contributed by atoms with E-state index in [1.165, 1.54) is 7.05 Å². The molecule has 0 saturated carbocycles. The van der Waals surface area contributed by atoms with Crippen LogP contribution < -0.4 is 14.8 Å². The summed E-state index contributed by atoms with van der Waals surface area (Å²) in [4.78, 5) is 0.277. The quantitative estimate of drug-likeness (QED) is 0.817. The third kappa shape index (κ3) is 4.30. The zero-order chi connectivity index (χ0) is 16.0. The maximum Gasteiger partial charge on any atom is 0.240 e. The summed E-state index contributed by atoms with van der Waals surface area (Å²) in [6.07, 6.45) is 0. The summed E-state index contributed by atoms with van der Waals surface area (Å²) in [5.41, 5.74) is 2.06. The fourth-order valence-electron chi connectivity index (χ4n) is 2.04. The van der Waals surface area contributed by atoms with E-state index in [-0.39, 0.29) is 4.90 Å². The summed E-state index contributed by atoms with van der Waals surface area (Å²) < 4.78 is 31.0. The van der Waals surface area contributed by atoms with Crippen LogP contribution in [0.5, 0.6) is 5.75 Å². The van der Waals surface area contributed by atoms with E-state index >= 15 is 0 Å². The largest absolute Gasteiger partial charge is 0.497 e. The van der Waals surface area contributed by atoms with Crippen LogP contribution >= 0.6 is 0 Å². The van der Waals surface area contributed by atoms with E-state index in [2.05, 4.69) is 10.0 Å². The lowest BCUT2D eigenvalue weighted by Gasteiger charge is -2.08. The number of methoxy groups -OCH3 is 1. The number of sulfonamides is 1. The fraction of sp³-hybridized carbons (Fsp3) is 0.250. The van der Waals surface area contributed by atoms with Crippen LogP contribution in [0.4, 0.5) is 0 Å². The number of hydrogen-bond acceptors (Lipinski definition) is 4. The minimum absolute atomic E-state index is 0.277. The zero-order valence-electron chi connectivity index (χ0n) is 12.7. The summed E-state index contributed by atoms with van der Waals surface area (Å²) in [6.45, 7) is 1.30. The van der Waals surface area contributed by atoms with Crippen molar-refractivity contribution in [3.63, 3.8) is 0 Å². The SMILES string of the molecule is CNS(=O)(=O)c1cccc(CNCc2ccc(OC)cc2)c1. The second-order valence-electron chi connectivity index (χ2n) is 4.81. The highest BCUT2D eigenvalue weighted by atomic mass is 32.2. The van der Waals surface area contributed by atoms with Crippen molar-refractivity contribution in [2.45, 2.75) is 18.0 Å². The Labute approximate surface area is 131 Å². The lowest BCUT2D eigenvalue weighted by molar-refractivity contribution is 0.414. The van der Waals surface area contributed by atoms with Gasteiger partial charge in [0.1, 0.15) is 5.75 Å². The predicted octanol–water partition coefficient (Wildman–Crippen LogP) is 1.89. The van der Waals surface area contributed by atoms with Gasteiger partial charge in [-0.1, -0.05) is 24.3 Å². The molecule has 0 aliphatic carbocycles. The van der Waals surface area contributed by atoms with Gasteiger partial charge in [0.2, 0.25) is 10.0 Å². The second-order valence-corrected chi connectivity index (χ2v) is 6.69. The van der Waals surface area contributed by atoms with E-state index in [9.17, 15) is 8.42 Å². The van der Waals surface area contributed by atoms with Crippen LogP contribution in [-0.4, -0.2) is 22.6 Å². The number of rotatable bonds is 7. The maximum atomic E-state index is 11.8. The highest BCUT2D eigenvalue weighted by Gasteiger charge is 2.10. The molecule has 2 aromatic rings. The first kappa shape index (κ1) is 16.5. The van der Waals surface area contributed by atoms with Crippen molar-refractivity contribution in [1.82, 2.24) is 10.0 Å². The van der Waals surface area contributed by atoms with Crippen molar-refractivity contribution in [3.8, 4) is 5.75 Å². The van der Waals surface area contributed by atoms with Gasteiger partial charge in [0.05, 0.1) is 12.0 Å². The Kier molecular flexibility index (Phi) is 5.54. The topological polar surface area (TPSA) is 67.4 Å². The van der Waals surface area contributed by atoms with Crippen LogP contribution in [0.25, 0.3) is 0 Å². The highest BCUT2D eigenvalue weighted by molar-refractivity contribution is 7.89. The van der Waals surface area contributed by atoms with Gasteiger partial charge < -0.3 is 10.1 Å². The summed E-state index contributed by atoms with van der Waals surface area (Å²) >= 11 is 0. The molecular weight excluding hydrogens is 300 g/mol. The Morgan fingerprint density at radius 2 is 1.68 bits per heavy atom. The molecule has 6 heteroatoms. The van der Waals surface area contributed by atoms with Crippen LogP contribution in [0.1, 0.15) is 11.1 Å². The van der Waals surface area contributed by atoms with E-state index in [4.69, 9.17) is 4.74 Å². The van der Waals surface area contributed by atoms with E-state index < -0.39 is 10.0 Å². The molecule has 0 spiro atoms. The van der Waals surface area contributed by atoms with Gasteiger partial charge in [-0.25, -0.2) is 13.1 Å². The van der Waals surface area contributed by atoms with Crippen molar-refractivity contribution in [2.75, 3.05) is 14.2 Å². The van der Waals surface area contributed by atoms with Gasteiger partial charge in [-0.15, -0.1) is 0 Å². The maximum absolute atomic E-state index is 11.8. The minimum atomic E-state index is -3.40. The van der Waals surface area contributed by atoms with Gasteiger partial charge in [0.15, 0.2) is 0 Å². The molecule has 5 nitrogen and oxygen atoms in total. The molecule has 0 unspecified atom stereocenters. The molecule has 0 fully saturated rings. The molecule has 2 N–H and O–H groups in total. The lowest BCUT2D eigenvalue weighted by Crippen LogP contribution is -2.19. The Hall–Kier alpha value is -1.89. The van der Waals surface area contributed by atoms with Gasteiger partial charge in [0, 0.05) is 13.1 Å². The van der Waals surface area contributed by atoms with Crippen molar-refractivity contribution in [1.29, 1.82) is 0 Å². The molecule has 0 aliphatic rings. The molecule has 2 aromatic carbocycles. The highest BCUT2D eigenvalue weighted by Crippen LogP contribution is 2.13. The summed E-state index contributed by atoms with van der Waals surface area (Å²) in [5.74, 6) is 0.828. The lowest BCUT2D eigenvalue weighted by atomic mass is 10.2. The Bertz CT molecular complexity index is 712. The Morgan fingerprint density at radius 1 is 1.00 bits per heavy atom. The fourth-order valence-corrected chi connectivity index (χ4v) is 2.83. The molecular formula is C16H20N2O3S. The third-order valence-corrected chi connectivity index (χ3v) is 4.71. The van der Waals surface area contributed by atoms with E-state index in [1.807, 2.05) is 30.3 Å². The molecule has 2 rings (SSSR count). The standard InChI is InChI=1S/C16H20N2O3S/c1-17-22(19,20)16-5-3-4-14(10-16)12-18-11-13-6-8-15(21-2)9-7-13/h3-10,17-18H,11-12H2,1-2H3. The minimum Gasteiger partial charge on any atom is -0.497 e. The molecule has 0 saturated heterocycles. The number of benzene rings is 2. The molecule has 0 aromatic heterocycles. The van der Waals surface area contributed by atoms with Crippen LogP contribution in [-0.2, 0) is 23.1 Å². The zero-order valence-corrected chi connectivity index (χ0v) is 13.5. The number of ether oxygens (including phenoxy) is 1. The molecule has 118 valence electrons. The monoisotopic (exact) mass is 320 g/mol. The van der Waals surface area contributed by atoms with Crippen LogP contribution in [0.15, 0.2) is 53.4 Å². The normalized spacial score (nSPS) is 11.4. The molecule has 0 bridgehead atoms. The van der Waals surface area contributed by atoms with Crippen LogP contribution in [0.2, 0.25) is 0 Å². The molecule has 0 atom stereocenters. The molecule has 0 aliphatic heterocycles.